The molecular formula is C16H17N5. The van der Waals surface area contributed by atoms with Crippen molar-refractivity contribution in [3.8, 4) is 5.69 Å². The Bertz CT molecular complexity index is 720. The third kappa shape index (κ3) is 2.76. The van der Waals surface area contributed by atoms with E-state index in [2.05, 4.69) is 46.8 Å². The molecule has 0 fully saturated rings. The minimum Gasteiger partial charge on any atom is -0.346 e. The van der Waals surface area contributed by atoms with E-state index in [9.17, 15) is 0 Å². The maximum absolute atomic E-state index is 4.08. The predicted octanol–water partition coefficient (Wildman–Crippen LogP) is 3.14. The van der Waals surface area contributed by atoms with Gasteiger partial charge in [0.25, 0.3) is 0 Å². The average Bonchev–Trinajstić information content (AvgIpc) is 2.96. The van der Waals surface area contributed by atoms with E-state index in [0.29, 0.717) is 5.95 Å². The van der Waals surface area contributed by atoms with Crippen molar-refractivity contribution in [2.45, 2.75) is 19.9 Å². The zero-order valence-corrected chi connectivity index (χ0v) is 12.1. The van der Waals surface area contributed by atoms with Crippen LogP contribution in [0.25, 0.3) is 5.69 Å². The summed E-state index contributed by atoms with van der Waals surface area (Å²) in [6, 6.07) is 18.3. The Kier molecular flexibility index (Phi) is 3.64. The highest BCUT2D eigenvalue weighted by atomic mass is 15.6. The number of tetrazole rings is 1. The molecule has 0 radical (unpaired) electrons. The summed E-state index contributed by atoms with van der Waals surface area (Å²) in [7, 11) is 0. The fourth-order valence-electron chi connectivity index (χ4n) is 2.36. The highest BCUT2D eigenvalue weighted by Gasteiger charge is 2.13. The lowest BCUT2D eigenvalue weighted by Crippen LogP contribution is -2.12. The molecule has 1 aromatic heterocycles. The first-order valence-electron chi connectivity index (χ1n) is 6.91. The van der Waals surface area contributed by atoms with Crippen molar-refractivity contribution in [1.82, 2.24) is 20.2 Å². The second-order valence-electron chi connectivity index (χ2n) is 4.97. The van der Waals surface area contributed by atoms with Gasteiger partial charge in [-0.15, -0.1) is 0 Å². The quantitative estimate of drug-likeness (QED) is 0.797. The summed E-state index contributed by atoms with van der Waals surface area (Å²) in [5.41, 5.74) is 3.42. The van der Waals surface area contributed by atoms with E-state index in [4.69, 9.17) is 0 Å². The molecule has 0 aliphatic heterocycles. The molecule has 5 heteroatoms. The zero-order chi connectivity index (χ0) is 14.7. The summed E-state index contributed by atoms with van der Waals surface area (Å²) in [6.07, 6.45) is 0. The first-order chi connectivity index (χ1) is 10.3. The highest BCUT2D eigenvalue weighted by molar-refractivity contribution is 5.41. The van der Waals surface area contributed by atoms with E-state index in [0.717, 1.165) is 5.69 Å². The molecule has 21 heavy (non-hydrogen) atoms. The van der Waals surface area contributed by atoms with Gasteiger partial charge in [0.05, 0.1) is 11.7 Å². The Labute approximate surface area is 123 Å². The number of aryl methyl sites for hydroxylation is 1. The first kappa shape index (κ1) is 13.3. The van der Waals surface area contributed by atoms with Gasteiger partial charge in [0, 0.05) is 0 Å². The maximum Gasteiger partial charge on any atom is 0.248 e. The van der Waals surface area contributed by atoms with Crippen LogP contribution in [0.4, 0.5) is 5.95 Å². The van der Waals surface area contributed by atoms with Crippen LogP contribution in [0.2, 0.25) is 0 Å². The van der Waals surface area contributed by atoms with Crippen molar-refractivity contribution >= 4 is 5.95 Å². The van der Waals surface area contributed by atoms with Crippen molar-refractivity contribution < 1.29 is 0 Å². The molecule has 0 bridgehead atoms. The van der Waals surface area contributed by atoms with Crippen LogP contribution in [-0.4, -0.2) is 20.2 Å². The zero-order valence-electron chi connectivity index (χ0n) is 12.1. The van der Waals surface area contributed by atoms with Gasteiger partial charge < -0.3 is 5.32 Å². The first-order valence-corrected chi connectivity index (χ1v) is 6.91. The fraction of sp³-hybridized carbons (Fsp3) is 0.188. The second kappa shape index (κ2) is 5.75. The predicted molar refractivity (Wildman–Crippen MR) is 82.4 cm³/mol. The van der Waals surface area contributed by atoms with Gasteiger partial charge in [0.15, 0.2) is 0 Å². The average molecular weight is 279 g/mol. The molecule has 0 aliphatic rings. The van der Waals surface area contributed by atoms with Crippen LogP contribution in [0.1, 0.15) is 24.1 Å². The Hall–Kier alpha value is -2.69. The molecule has 1 atom stereocenters. The third-order valence-corrected chi connectivity index (χ3v) is 3.47. The number of nitrogens with zero attached hydrogens (tertiary/aromatic N) is 4. The van der Waals surface area contributed by atoms with Crippen LogP contribution in [-0.2, 0) is 0 Å². The molecule has 106 valence electrons. The number of para-hydroxylation sites is 1. The third-order valence-electron chi connectivity index (χ3n) is 3.47. The molecule has 3 rings (SSSR count). The van der Waals surface area contributed by atoms with Crippen LogP contribution in [0.3, 0.4) is 0 Å². The Morgan fingerprint density at radius 2 is 1.71 bits per heavy atom. The van der Waals surface area contributed by atoms with Crippen LogP contribution in [0, 0.1) is 6.92 Å². The molecule has 2 aromatic carbocycles. The highest BCUT2D eigenvalue weighted by Crippen LogP contribution is 2.21. The lowest BCUT2D eigenvalue weighted by Gasteiger charge is -2.16. The Balaban J connectivity index is 1.87. The van der Waals surface area contributed by atoms with Crippen molar-refractivity contribution in [1.29, 1.82) is 0 Å². The molecule has 1 N–H and O–H groups in total. The smallest absolute Gasteiger partial charge is 0.248 e. The van der Waals surface area contributed by atoms with Gasteiger partial charge in [-0.05, 0) is 47.5 Å². The Morgan fingerprint density at radius 3 is 2.48 bits per heavy atom. The topological polar surface area (TPSA) is 55.6 Å². The van der Waals surface area contributed by atoms with Crippen molar-refractivity contribution in [2.24, 2.45) is 0 Å². The number of benzene rings is 2. The largest absolute Gasteiger partial charge is 0.346 e. The number of hydrogen-bond donors (Lipinski definition) is 1. The molecular weight excluding hydrogens is 262 g/mol. The molecule has 1 unspecified atom stereocenters. The Morgan fingerprint density at radius 1 is 1.00 bits per heavy atom. The summed E-state index contributed by atoms with van der Waals surface area (Å²) in [5, 5.41) is 15.3. The SMILES string of the molecule is Cc1ccccc1C(C)Nc1nnnn1-c1ccccc1. The van der Waals surface area contributed by atoms with Crippen molar-refractivity contribution in [3.05, 3.63) is 65.7 Å². The number of aromatic nitrogens is 4. The lowest BCUT2D eigenvalue weighted by molar-refractivity contribution is 0.779. The van der Waals surface area contributed by atoms with Crippen LogP contribution in [0.5, 0.6) is 0 Å². The molecule has 0 aliphatic carbocycles. The maximum atomic E-state index is 4.08. The molecule has 0 saturated carbocycles. The molecule has 3 aromatic rings. The van der Waals surface area contributed by atoms with Crippen LogP contribution < -0.4 is 5.32 Å². The summed E-state index contributed by atoms with van der Waals surface area (Å²) < 4.78 is 1.70. The van der Waals surface area contributed by atoms with E-state index >= 15 is 0 Å². The second-order valence-corrected chi connectivity index (χ2v) is 4.97. The van der Waals surface area contributed by atoms with E-state index in [1.807, 2.05) is 42.5 Å². The van der Waals surface area contributed by atoms with Crippen LogP contribution >= 0.6 is 0 Å². The normalized spacial score (nSPS) is 12.1. The summed E-state index contributed by atoms with van der Waals surface area (Å²) in [6.45, 7) is 4.21. The number of anilines is 1. The van der Waals surface area contributed by atoms with E-state index in [-0.39, 0.29) is 6.04 Å². The molecule has 5 nitrogen and oxygen atoms in total. The van der Waals surface area contributed by atoms with Crippen LogP contribution in [0.15, 0.2) is 54.6 Å². The molecule has 0 saturated heterocycles. The monoisotopic (exact) mass is 279 g/mol. The van der Waals surface area contributed by atoms with Gasteiger partial charge in [0.2, 0.25) is 5.95 Å². The van der Waals surface area contributed by atoms with Gasteiger partial charge in [0.1, 0.15) is 0 Å². The number of nitrogens with one attached hydrogen (secondary N) is 1. The lowest BCUT2D eigenvalue weighted by atomic mass is 10.0. The molecule has 0 amide bonds. The summed E-state index contributed by atoms with van der Waals surface area (Å²) >= 11 is 0. The van der Waals surface area contributed by atoms with Gasteiger partial charge in [-0.2, -0.15) is 4.68 Å². The van der Waals surface area contributed by atoms with Crippen molar-refractivity contribution in [2.75, 3.05) is 5.32 Å². The van der Waals surface area contributed by atoms with E-state index < -0.39 is 0 Å². The molecule has 0 spiro atoms. The molecule has 1 heterocycles. The van der Waals surface area contributed by atoms with Gasteiger partial charge in [-0.1, -0.05) is 47.6 Å². The minimum atomic E-state index is 0.125. The van der Waals surface area contributed by atoms with Gasteiger partial charge in [-0.3, -0.25) is 0 Å². The standard InChI is InChI=1S/C16H17N5/c1-12-8-6-7-11-15(12)13(2)17-16-18-19-20-21(16)14-9-4-3-5-10-14/h3-11,13H,1-2H3,(H,17,18,20). The summed E-state index contributed by atoms with van der Waals surface area (Å²) in [5.74, 6) is 0.636. The van der Waals surface area contributed by atoms with E-state index in [1.54, 1.807) is 4.68 Å². The van der Waals surface area contributed by atoms with E-state index in [1.165, 1.54) is 11.1 Å². The van der Waals surface area contributed by atoms with Gasteiger partial charge in [-0.25, -0.2) is 0 Å². The summed E-state index contributed by atoms with van der Waals surface area (Å²) in [4.78, 5) is 0. The van der Waals surface area contributed by atoms with Gasteiger partial charge >= 0.3 is 0 Å². The number of hydrogen-bond acceptors (Lipinski definition) is 4. The number of rotatable bonds is 4. The fourth-order valence-corrected chi connectivity index (χ4v) is 2.36. The van der Waals surface area contributed by atoms with Crippen molar-refractivity contribution in [3.63, 3.8) is 0 Å². The minimum absolute atomic E-state index is 0.125.